The van der Waals surface area contributed by atoms with E-state index in [-0.39, 0.29) is 0 Å². The van der Waals surface area contributed by atoms with E-state index in [0.29, 0.717) is 31.3 Å². The van der Waals surface area contributed by atoms with Gasteiger partial charge >= 0.3 is 0 Å². The molecule has 0 spiro atoms. The van der Waals surface area contributed by atoms with Crippen LogP contribution >= 0.6 is 11.8 Å². The van der Waals surface area contributed by atoms with E-state index < -0.39 is 0 Å². The molecule has 110 valence electrons. The largest absolute Gasteiger partial charge is 0.488 e. The van der Waals surface area contributed by atoms with Crippen molar-refractivity contribution in [1.29, 1.82) is 0 Å². The second kappa shape index (κ2) is 6.18. The van der Waals surface area contributed by atoms with Gasteiger partial charge in [0.25, 0.3) is 0 Å². The molecule has 2 aromatic carbocycles. The molecule has 0 unspecified atom stereocenters. The maximum atomic E-state index is 6.06. The highest BCUT2D eigenvalue weighted by molar-refractivity contribution is 7.98. The van der Waals surface area contributed by atoms with E-state index in [9.17, 15) is 0 Å². The van der Waals surface area contributed by atoms with Crippen LogP contribution in [0.3, 0.4) is 0 Å². The van der Waals surface area contributed by atoms with Gasteiger partial charge < -0.3 is 19.9 Å². The van der Waals surface area contributed by atoms with Crippen molar-refractivity contribution in [2.75, 3.05) is 25.2 Å². The number of thioether (sulfide) groups is 1. The number of ether oxygens (including phenoxy) is 3. The molecule has 4 nitrogen and oxygen atoms in total. The Balaban J connectivity index is 1.79. The molecule has 1 aliphatic rings. The zero-order valence-electron chi connectivity index (χ0n) is 11.8. The number of hydrogen-bond donors (Lipinski definition) is 1. The SMILES string of the molecule is CSc1ccccc1OCc1cc2c(cc1N)OCCO2. The topological polar surface area (TPSA) is 53.7 Å². The number of rotatable bonds is 4. The number of nitrogens with two attached hydrogens (primary N) is 1. The summed E-state index contributed by atoms with van der Waals surface area (Å²) in [6.45, 7) is 1.52. The Bertz CT molecular complexity index is 645. The number of nitrogen functional groups attached to an aromatic ring is 1. The van der Waals surface area contributed by atoms with E-state index >= 15 is 0 Å². The molecule has 0 radical (unpaired) electrons. The van der Waals surface area contributed by atoms with Gasteiger partial charge in [-0.3, -0.25) is 0 Å². The molecule has 0 aromatic heterocycles. The average Bonchev–Trinajstić information content (AvgIpc) is 2.53. The molecule has 0 aliphatic carbocycles. The fraction of sp³-hybridized carbons (Fsp3) is 0.250. The summed E-state index contributed by atoms with van der Waals surface area (Å²) in [4.78, 5) is 1.11. The van der Waals surface area contributed by atoms with E-state index in [1.165, 1.54) is 0 Å². The highest BCUT2D eigenvalue weighted by Gasteiger charge is 2.15. The third kappa shape index (κ3) is 3.03. The molecular formula is C16H17NO3S. The van der Waals surface area contributed by atoms with Crippen LogP contribution in [0, 0.1) is 0 Å². The monoisotopic (exact) mass is 303 g/mol. The van der Waals surface area contributed by atoms with Crippen LogP contribution in [-0.4, -0.2) is 19.5 Å². The molecule has 0 saturated carbocycles. The van der Waals surface area contributed by atoms with Crippen molar-refractivity contribution in [2.45, 2.75) is 11.5 Å². The van der Waals surface area contributed by atoms with Gasteiger partial charge in [-0.25, -0.2) is 0 Å². The van der Waals surface area contributed by atoms with Crippen molar-refractivity contribution in [3.05, 3.63) is 42.0 Å². The quantitative estimate of drug-likeness (QED) is 0.693. The summed E-state index contributed by atoms with van der Waals surface area (Å²) in [5.74, 6) is 2.29. The van der Waals surface area contributed by atoms with Crippen LogP contribution in [0.25, 0.3) is 0 Å². The molecule has 0 saturated heterocycles. The molecule has 2 N–H and O–H groups in total. The van der Waals surface area contributed by atoms with Crippen LogP contribution in [0.1, 0.15) is 5.56 Å². The van der Waals surface area contributed by atoms with Crippen LogP contribution in [0.5, 0.6) is 17.2 Å². The zero-order chi connectivity index (χ0) is 14.7. The van der Waals surface area contributed by atoms with E-state index in [2.05, 4.69) is 0 Å². The lowest BCUT2D eigenvalue weighted by Crippen LogP contribution is -2.16. The first-order chi connectivity index (χ1) is 10.3. The normalized spacial score (nSPS) is 13.0. The van der Waals surface area contributed by atoms with E-state index in [1.54, 1.807) is 17.8 Å². The van der Waals surface area contributed by atoms with Gasteiger partial charge in [-0.1, -0.05) is 12.1 Å². The summed E-state index contributed by atoms with van der Waals surface area (Å²) in [6.07, 6.45) is 2.03. The molecule has 1 aliphatic heterocycles. The molecule has 0 atom stereocenters. The average molecular weight is 303 g/mol. The molecule has 21 heavy (non-hydrogen) atoms. The van der Waals surface area contributed by atoms with Crippen molar-refractivity contribution < 1.29 is 14.2 Å². The summed E-state index contributed by atoms with van der Waals surface area (Å²) >= 11 is 1.66. The van der Waals surface area contributed by atoms with E-state index in [0.717, 1.165) is 22.0 Å². The first-order valence-corrected chi connectivity index (χ1v) is 7.94. The fourth-order valence-corrected chi connectivity index (χ4v) is 2.71. The summed E-state index contributed by atoms with van der Waals surface area (Å²) in [5, 5.41) is 0. The van der Waals surface area contributed by atoms with Crippen molar-refractivity contribution in [2.24, 2.45) is 0 Å². The van der Waals surface area contributed by atoms with Gasteiger partial charge in [-0.05, 0) is 24.5 Å². The molecule has 1 heterocycles. The third-order valence-electron chi connectivity index (χ3n) is 3.26. The van der Waals surface area contributed by atoms with Gasteiger partial charge in [0, 0.05) is 22.2 Å². The smallest absolute Gasteiger partial charge is 0.163 e. The van der Waals surface area contributed by atoms with Gasteiger partial charge in [0.05, 0.1) is 0 Å². The van der Waals surface area contributed by atoms with Gasteiger partial charge in [0.15, 0.2) is 11.5 Å². The second-order valence-corrected chi connectivity index (χ2v) is 5.48. The van der Waals surface area contributed by atoms with E-state index in [1.807, 2.05) is 36.6 Å². The lowest BCUT2D eigenvalue weighted by Gasteiger charge is -2.20. The Kier molecular flexibility index (Phi) is 4.10. The Morgan fingerprint density at radius 1 is 1.14 bits per heavy atom. The lowest BCUT2D eigenvalue weighted by molar-refractivity contribution is 0.171. The summed E-state index contributed by atoms with van der Waals surface area (Å²) in [5.41, 5.74) is 7.61. The Morgan fingerprint density at radius 3 is 2.62 bits per heavy atom. The van der Waals surface area contributed by atoms with Crippen molar-refractivity contribution in [3.8, 4) is 17.2 Å². The van der Waals surface area contributed by atoms with Crippen LogP contribution in [-0.2, 0) is 6.61 Å². The number of hydrogen-bond acceptors (Lipinski definition) is 5. The van der Waals surface area contributed by atoms with Crippen LogP contribution < -0.4 is 19.9 Å². The van der Waals surface area contributed by atoms with Crippen molar-refractivity contribution in [3.63, 3.8) is 0 Å². The van der Waals surface area contributed by atoms with E-state index in [4.69, 9.17) is 19.9 Å². The maximum absolute atomic E-state index is 6.06. The van der Waals surface area contributed by atoms with Crippen molar-refractivity contribution in [1.82, 2.24) is 0 Å². The highest BCUT2D eigenvalue weighted by Crippen LogP contribution is 2.35. The number of para-hydroxylation sites is 1. The zero-order valence-corrected chi connectivity index (χ0v) is 12.6. The van der Waals surface area contributed by atoms with Gasteiger partial charge in [-0.15, -0.1) is 11.8 Å². The van der Waals surface area contributed by atoms with Gasteiger partial charge in [0.1, 0.15) is 25.6 Å². The predicted octanol–water partition coefficient (Wildman–Crippen LogP) is 3.34. The fourth-order valence-electron chi connectivity index (χ4n) is 2.17. The molecule has 2 aromatic rings. The first kappa shape index (κ1) is 13.9. The highest BCUT2D eigenvalue weighted by atomic mass is 32.2. The number of anilines is 1. The number of benzene rings is 2. The predicted molar refractivity (Wildman–Crippen MR) is 84.4 cm³/mol. The molecular weight excluding hydrogens is 286 g/mol. The molecule has 0 bridgehead atoms. The van der Waals surface area contributed by atoms with Crippen LogP contribution in [0.15, 0.2) is 41.3 Å². The Hall–Kier alpha value is -2.01. The summed E-state index contributed by atoms with van der Waals surface area (Å²) in [7, 11) is 0. The first-order valence-electron chi connectivity index (χ1n) is 6.72. The molecule has 3 rings (SSSR count). The van der Waals surface area contributed by atoms with Crippen LogP contribution in [0.4, 0.5) is 5.69 Å². The second-order valence-electron chi connectivity index (χ2n) is 4.63. The summed E-state index contributed by atoms with van der Waals surface area (Å²) in [6, 6.07) is 11.6. The minimum atomic E-state index is 0.403. The standard InChI is InChI=1S/C16H17NO3S/c1-21-16-5-3-2-4-13(16)20-10-11-8-14-15(9-12(11)17)19-7-6-18-14/h2-5,8-9H,6-7,10,17H2,1H3. The minimum absolute atomic E-state index is 0.403. The molecule has 0 fully saturated rings. The number of fused-ring (bicyclic) bond motifs is 1. The minimum Gasteiger partial charge on any atom is -0.488 e. The third-order valence-corrected chi connectivity index (χ3v) is 4.03. The van der Waals surface area contributed by atoms with Gasteiger partial charge in [-0.2, -0.15) is 0 Å². The summed E-state index contributed by atoms with van der Waals surface area (Å²) < 4.78 is 17.0. The molecule has 0 amide bonds. The maximum Gasteiger partial charge on any atom is 0.163 e. The Labute approximate surface area is 128 Å². The van der Waals surface area contributed by atoms with Crippen molar-refractivity contribution >= 4 is 17.4 Å². The van der Waals surface area contributed by atoms with Gasteiger partial charge in [0.2, 0.25) is 0 Å². The van der Waals surface area contributed by atoms with Crippen LogP contribution in [0.2, 0.25) is 0 Å². The Morgan fingerprint density at radius 2 is 1.86 bits per heavy atom. The molecule has 5 heteroatoms. The lowest BCUT2D eigenvalue weighted by atomic mass is 10.1.